The lowest BCUT2D eigenvalue weighted by Gasteiger charge is -2.60. The van der Waals surface area contributed by atoms with Gasteiger partial charge < -0.3 is 19.2 Å². The van der Waals surface area contributed by atoms with Crippen molar-refractivity contribution in [2.24, 2.45) is 5.92 Å². The molecule has 6 heteroatoms. The SMILES string of the molecule is Cc1cc(O)c2c3c1C[C@@H]1[C@@H]4CC[C@H](N(C)C(=O)/C=C/c5ccoc5)[C@H](O2)[C@]34CCN1C1CC1. The molecular formula is C28H32N2O4. The van der Waals surface area contributed by atoms with Gasteiger partial charge in [-0.05, 0) is 87.2 Å². The lowest BCUT2D eigenvalue weighted by molar-refractivity contribution is -0.135. The van der Waals surface area contributed by atoms with Crippen LogP contribution in [0, 0.1) is 12.8 Å². The summed E-state index contributed by atoms with van der Waals surface area (Å²) in [7, 11) is 1.90. The van der Waals surface area contributed by atoms with Crippen molar-refractivity contribution in [3.05, 3.63) is 53.0 Å². The highest BCUT2D eigenvalue weighted by Gasteiger charge is 2.67. The number of carbonyl (C=O) groups is 1. The Bertz CT molecular complexity index is 1180. The lowest BCUT2D eigenvalue weighted by atomic mass is 9.50. The molecule has 34 heavy (non-hydrogen) atoms. The standard InChI is InChI=1S/C28H32N2O4/c1-16-13-23(31)26-25-19(16)14-22-20-6-7-21(29(2)24(32)8-3-17-9-12-33-15-17)27(34-26)28(20,25)10-11-30(22)18-4-5-18/h3,8-9,12-13,15,18,20-22,27,31H,4-7,10-11,14H2,1-2H3/b8-3+/t20-,21-,22+,27-,28-/m0/s1. The number of aryl methyl sites for hydroxylation is 1. The largest absolute Gasteiger partial charge is 0.504 e. The Morgan fingerprint density at radius 3 is 2.91 bits per heavy atom. The molecule has 3 aliphatic carbocycles. The number of hydrogen-bond acceptors (Lipinski definition) is 5. The van der Waals surface area contributed by atoms with E-state index in [1.54, 1.807) is 24.7 Å². The first-order valence-corrected chi connectivity index (χ1v) is 12.7. The summed E-state index contributed by atoms with van der Waals surface area (Å²) in [5.41, 5.74) is 4.59. The van der Waals surface area contributed by atoms with Gasteiger partial charge >= 0.3 is 0 Å². The van der Waals surface area contributed by atoms with Crippen LogP contribution in [-0.2, 0) is 16.6 Å². The molecule has 0 radical (unpaired) electrons. The summed E-state index contributed by atoms with van der Waals surface area (Å²) in [6.07, 6.45) is 13.3. The molecule has 5 aliphatic rings. The predicted molar refractivity (Wildman–Crippen MR) is 128 cm³/mol. The fourth-order valence-electron chi connectivity index (χ4n) is 7.89. The number of likely N-dealkylation sites (tertiary alicyclic amines) is 1. The molecule has 1 aromatic heterocycles. The average Bonchev–Trinajstić information content (AvgIpc) is 3.41. The fourth-order valence-corrected chi connectivity index (χ4v) is 7.89. The number of ether oxygens (including phenoxy) is 1. The molecular weight excluding hydrogens is 428 g/mol. The van der Waals surface area contributed by atoms with E-state index in [0.29, 0.717) is 17.7 Å². The van der Waals surface area contributed by atoms with Crippen molar-refractivity contribution in [3.8, 4) is 11.5 Å². The van der Waals surface area contributed by atoms with Crippen LogP contribution in [0.1, 0.15) is 54.4 Å². The van der Waals surface area contributed by atoms with Crippen LogP contribution >= 0.6 is 0 Å². The molecule has 3 heterocycles. The number of furan rings is 1. The molecule has 5 atom stereocenters. The highest BCUT2D eigenvalue weighted by atomic mass is 16.5. The molecule has 6 nitrogen and oxygen atoms in total. The van der Waals surface area contributed by atoms with Crippen molar-refractivity contribution in [1.29, 1.82) is 0 Å². The highest BCUT2D eigenvalue weighted by molar-refractivity contribution is 5.91. The lowest BCUT2D eigenvalue weighted by Crippen LogP contribution is -2.69. The second kappa shape index (κ2) is 7.14. The Morgan fingerprint density at radius 2 is 2.15 bits per heavy atom. The van der Waals surface area contributed by atoms with Gasteiger partial charge in [-0.1, -0.05) is 0 Å². The normalized spacial score (nSPS) is 33.6. The quantitative estimate of drug-likeness (QED) is 0.698. The number of likely N-dealkylation sites (N-methyl/N-ethyl adjacent to an activating group) is 1. The molecule has 2 aliphatic heterocycles. The summed E-state index contributed by atoms with van der Waals surface area (Å²) in [5.74, 6) is 1.44. The summed E-state index contributed by atoms with van der Waals surface area (Å²) in [6.45, 7) is 3.22. The fraction of sp³-hybridized carbons (Fsp3) is 0.536. The van der Waals surface area contributed by atoms with Crippen LogP contribution in [-0.4, -0.2) is 58.6 Å². The third-order valence-electron chi connectivity index (χ3n) is 9.50. The predicted octanol–water partition coefficient (Wildman–Crippen LogP) is 4.04. The molecule has 2 saturated carbocycles. The van der Waals surface area contributed by atoms with E-state index in [0.717, 1.165) is 43.8 Å². The van der Waals surface area contributed by atoms with Gasteiger partial charge in [-0.25, -0.2) is 0 Å². The van der Waals surface area contributed by atoms with Crippen molar-refractivity contribution >= 4 is 12.0 Å². The van der Waals surface area contributed by atoms with E-state index in [9.17, 15) is 9.90 Å². The molecule has 2 aromatic rings. The number of hydrogen-bond donors (Lipinski definition) is 1. The molecule has 1 N–H and O–H groups in total. The molecule has 1 amide bonds. The number of phenolic OH excluding ortho intramolecular Hbond substituents is 1. The number of piperidine rings is 1. The molecule has 2 bridgehead atoms. The van der Waals surface area contributed by atoms with Crippen LogP contribution < -0.4 is 4.74 Å². The van der Waals surface area contributed by atoms with Gasteiger partial charge in [0, 0.05) is 41.7 Å². The van der Waals surface area contributed by atoms with E-state index in [-0.39, 0.29) is 29.2 Å². The summed E-state index contributed by atoms with van der Waals surface area (Å²) < 4.78 is 11.8. The molecule has 1 spiro atoms. The Hall–Kier alpha value is -2.73. The molecule has 1 aromatic carbocycles. The van der Waals surface area contributed by atoms with Crippen LogP contribution in [0.2, 0.25) is 0 Å². The first kappa shape index (κ1) is 20.6. The van der Waals surface area contributed by atoms with E-state index < -0.39 is 0 Å². The van der Waals surface area contributed by atoms with E-state index >= 15 is 0 Å². The van der Waals surface area contributed by atoms with Crippen LogP contribution in [0.3, 0.4) is 0 Å². The Kier molecular flexibility index (Phi) is 4.33. The van der Waals surface area contributed by atoms with Gasteiger partial charge in [0.1, 0.15) is 6.10 Å². The number of rotatable bonds is 4. The van der Waals surface area contributed by atoms with Gasteiger partial charge in [-0.2, -0.15) is 0 Å². The number of phenols is 1. The van der Waals surface area contributed by atoms with Crippen molar-refractivity contribution in [2.45, 2.75) is 75.1 Å². The first-order chi connectivity index (χ1) is 16.5. The van der Waals surface area contributed by atoms with Crippen molar-refractivity contribution < 1.29 is 19.1 Å². The van der Waals surface area contributed by atoms with E-state index in [4.69, 9.17) is 9.15 Å². The zero-order valence-corrected chi connectivity index (χ0v) is 19.9. The van der Waals surface area contributed by atoms with E-state index in [2.05, 4.69) is 11.8 Å². The second-order valence-electron chi connectivity index (χ2n) is 11.1. The number of amides is 1. The number of nitrogens with zero attached hydrogens (tertiary/aromatic N) is 2. The van der Waals surface area contributed by atoms with Crippen LogP contribution in [0.5, 0.6) is 11.5 Å². The Balaban J connectivity index is 1.28. The Morgan fingerprint density at radius 1 is 1.29 bits per heavy atom. The van der Waals surface area contributed by atoms with Gasteiger partial charge in [0.05, 0.1) is 18.6 Å². The molecule has 0 unspecified atom stereocenters. The maximum atomic E-state index is 13.2. The molecule has 1 saturated heterocycles. The van der Waals surface area contributed by atoms with Gasteiger partial charge in [0.15, 0.2) is 11.5 Å². The van der Waals surface area contributed by atoms with E-state index in [1.807, 2.05) is 24.1 Å². The van der Waals surface area contributed by atoms with Crippen molar-refractivity contribution in [2.75, 3.05) is 13.6 Å². The second-order valence-corrected chi connectivity index (χ2v) is 11.1. The zero-order valence-electron chi connectivity index (χ0n) is 19.9. The maximum absolute atomic E-state index is 13.2. The number of aromatic hydroxyl groups is 1. The molecule has 7 rings (SSSR count). The topological polar surface area (TPSA) is 66.1 Å². The zero-order chi connectivity index (χ0) is 23.2. The number of benzene rings is 1. The third-order valence-corrected chi connectivity index (χ3v) is 9.50. The summed E-state index contributed by atoms with van der Waals surface area (Å²) >= 11 is 0. The monoisotopic (exact) mass is 460 g/mol. The highest BCUT2D eigenvalue weighted by Crippen LogP contribution is 2.65. The van der Waals surface area contributed by atoms with Crippen molar-refractivity contribution in [1.82, 2.24) is 9.80 Å². The van der Waals surface area contributed by atoms with Gasteiger partial charge in [0.25, 0.3) is 0 Å². The smallest absolute Gasteiger partial charge is 0.246 e. The summed E-state index contributed by atoms with van der Waals surface area (Å²) in [6, 6.07) is 4.99. The summed E-state index contributed by atoms with van der Waals surface area (Å²) in [5, 5.41) is 10.9. The number of carbonyl (C=O) groups excluding carboxylic acids is 1. The van der Waals surface area contributed by atoms with Gasteiger partial charge in [-0.3, -0.25) is 9.69 Å². The maximum Gasteiger partial charge on any atom is 0.246 e. The third kappa shape index (κ3) is 2.69. The van der Waals surface area contributed by atoms with Crippen LogP contribution in [0.4, 0.5) is 0 Å². The minimum Gasteiger partial charge on any atom is -0.504 e. The van der Waals surface area contributed by atoms with E-state index in [1.165, 1.54) is 29.5 Å². The van der Waals surface area contributed by atoms with Crippen LogP contribution in [0.15, 0.2) is 35.2 Å². The average molecular weight is 461 g/mol. The minimum atomic E-state index is -0.117. The van der Waals surface area contributed by atoms with Crippen LogP contribution in [0.25, 0.3) is 6.08 Å². The molecule has 3 fully saturated rings. The minimum absolute atomic E-state index is 0.0241. The van der Waals surface area contributed by atoms with Gasteiger partial charge in [-0.15, -0.1) is 0 Å². The Labute approximate surface area is 200 Å². The van der Waals surface area contributed by atoms with Gasteiger partial charge in [0.2, 0.25) is 5.91 Å². The van der Waals surface area contributed by atoms with Crippen molar-refractivity contribution in [3.63, 3.8) is 0 Å². The first-order valence-electron chi connectivity index (χ1n) is 12.7. The summed E-state index contributed by atoms with van der Waals surface area (Å²) in [4.78, 5) is 17.9. The molecule has 178 valence electrons.